The monoisotopic (exact) mass is 308 g/mol. The number of nitrogens with one attached hydrogen (secondary N) is 1. The molecule has 112 valence electrons. The van der Waals surface area contributed by atoms with Crippen molar-refractivity contribution in [2.75, 3.05) is 6.54 Å². The lowest BCUT2D eigenvalue weighted by Crippen LogP contribution is -2.26. The number of rotatable bonds is 5. The van der Waals surface area contributed by atoms with Crippen molar-refractivity contribution < 1.29 is 17.6 Å². The van der Waals surface area contributed by atoms with Crippen LogP contribution in [0.4, 0.5) is 0 Å². The topological polar surface area (TPSA) is 102 Å². The maximum absolute atomic E-state index is 12.0. The lowest BCUT2D eigenvalue weighted by Gasteiger charge is -2.07. The zero-order valence-electron chi connectivity index (χ0n) is 11.5. The molecule has 0 bridgehead atoms. The minimum Gasteiger partial charge on any atom is -0.469 e. The SMILES string of the molecule is Cc1cc(C(=O)NCCc2ccco2)cc(S(N)(=O)=O)c1. The van der Waals surface area contributed by atoms with Gasteiger partial charge >= 0.3 is 0 Å². The summed E-state index contributed by atoms with van der Waals surface area (Å²) in [5, 5.41) is 7.80. The number of hydrogen-bond acceptors (Lipinski definition) is 4. The summed E-state index contributed by atoms with van der Waals surface area (Å²) in [4.78, 5) is 12.0. The van der Waals surface area contributed by atoms with Crippen LogP contribution in [0.25, 0.3) is 0 Å². The Balaban J connectivity index is 2.07. The second-order valence-electron chi connectivity index (χ2n) is 4.67. The zero-order valence-corrected chi connectivity index (χ0v) is 12.3. The van der Waals surface area contributed by atoms with E-state index >= 15 is 0 Å². The first-order valence-corrected chi connectivity index (χ1v) is 7.86. The van der Waals surface area contributed by atoms with Crippen LogP contribution in [0, 0.1) is 6.92 Å². The molecule has 0 aliphatic heterocycles. The Morgan fingerprint density at radius 3 is 2.71 bits per heavy atom. The Morgan fingerprint density at radius 1 is 1.33 bits per heavy atom. The van der Waals surface area contributed by atoms with Crippen molar-refractivity contribution in [2.24, 2.45) is 5.14 Å². The lowest BCUT2D eigenvalue weighted by atomic mass is 10.1. The second-order valence-corrected chi connectivity index (χ2v) is 6.23. The molecule has 2 aromatic rings. The third-order valence-electron chi connectivity index (χ3n) is 2.88. The van der Waals surface area contributed by atoms with Gasteiger partial charge in [-0.2, -0.15) is 0 Å². The number of primary sulfonamides is 1. The largest absolute Gasteiger partial charge is 0.469 e. The van der Waals surface area contributed by atoms with E-state index in [1.165, 1.54) is 12.1 Å². The summed E-state index contributed by atoms with van der Waals surface area (Å²) in [6.45, 7) is 2.10. The van der Waals surface area contributed by atoms with Crippen molar-refractivity contribution in [1.29, 1.82) is 0 Å². The van der Waals surface area contributed by atoms with Crippen LogP contribution in [0.2, 0.25) is 0 Å². The summed E-state index contributed by atoms with van der Waals surface area (Å²) in [6, 6.07) is 7.89. The molecule has 21 heavy (non-hydrogen) atoms. The average molecular weight is 308 g/mol. The number of furan rings is 1. The van der Waals surface area contributed by atoms with Gasteiger partial charge in [-0.3, -0.25) is 4.79 Å². The second kappa shape index (κ2) is 6.11. The highest BCUT2D eigenvalue weighted by Gasteiger charge is 2.13. The minimum atomic E-state index is -3.83. The predicted molar refractivity (Wildman–Crippen MR) is 77.3 cm³/mol. The van der Waals surface area contributed by atoms with Gasteiger partial charge in [0, 0.05) is 18.5 Å². The number of carbonyl (C=O) groups is 1. The number of nitrogens with two attached hydrogens (primary N) is 1. The zero-order chi connectivity index (χ0) is 15.5. The fraction of sp³-hybridized carbons (Fsp3) is 0.214. The average Bonchev–Trinajstić information content (AvgIpc) is 2.90. The molecular formula is C14H16N2O4S. The molecular weight excluding hydrogens is 292 g/mol. The highest BCUT2D eigenvalue weighted by Crippen LogP contribution is 2.13. The van der Waals surface area contributed by atoms with Gasteiger partial charge in [0.05, 0.1) is 11.2 Å². The molecule has 1 aromatic carbocycles. The number of sulfonamides is 1. The van der Waals surface area contributed by atoms with Gasteiger partial charge in [0.2, 0.25) is 10.0 Å². The summed E-state index contributed by atoms with van der Waals surface area (Å²) in [5.74, 6) is 0.417. The molecule has 1 heterocycles. The standard InChI is InChI=1S/C14H16N2O4S/c1-10-7-11(9-13(8-10)21(15,18)19)14(17)16-5-4-12-3-2-6-20-12/h2-3,6-9H,4-5H2,1H3,(H,16,17)(H2,15,18,19). The predicted octanol–water partition coefficient (Wildman–Crippen LogP) is 1.21. The van der Waals surface area contributed by atoms with Crippen LogP contribution in [0.3, 0.4) is 0 Å². The van der Waals surface area contributed by atoms with Crippen molar-refractivity contribution in [3.8, 4) is 0 Å². The number of hydrogen-bond donors (Lipinski definition) is 2. The van der Waals surface area contributed by atoms with E-state index in [9.17, 15) is 13.2 Å². The van der Waals surface area contributed by atoms with Gasteiger partial charge in [-0.25, -0.2) is 13.6 Å². The van der Waals surface area contributed by atoms with E-state index < -0.39 is 10.0 Å². The van der Waals surface area contributed by atoms with E-state index in [0.29, 0.717) is 18.5 Å². The number of aryl methyl sites for hydroxylation is 1. The van der Waals surface area contributed by atoms with Crippen molar-refractivity contribution in [1.82, 2.24) is 5.32 Å². The van der Waals surface area contributed by atoms with Gasteiger partial charge < -0.3 is 9.73 Å². The molecule has 1 amide bonds. The lowest BCUT2D eigenvalue weighted by molar-refractivity contribution is 0.0953. The number of benzene rings is 1. The molecule has 0 unspecified atom stereocenters. The van der Waals surface area contributed by atoms with E-state index in [1.54, 1.807) is 25.3 Å². The van der Waals surface area contributed by atoms with Crippen LogP contribution < -0.4 is 10.5 Å². The van der Waals surface area contributed by atoms with Gasteiger partial charge in [0.1, 0.15) is 5.76 Å². The van der Waals surface area contributed by atoms with Gasteiger partial charge in [-0.05, 0) is 42.8 Å². The van der Waals surface area contributed by atoms with E-state index in [0.717, 1.165) is 5.76 Å². The molecule has 0 saturated heterocycles. The molecule has 0 atom stereocenters. The van der Waals surface area contributed by atoms with Crippen LogP contribution in [-0.4, -0.2) is 20.9 Å². The van der Waals surface area contributed by atoms with Gasteiger partial charge in [-0.1, -0.05) is 0 Å². The number of amides is 1. The third kappa shape index (κ3) is 4.17. The summed E-state index contributed by atoms with van der Waals surface area (Å²) in [5.41, 5.74) is 0.913. The van der Waals surface area contributed by atoms with Gasteiger partial charge in [0.25, 0.3) is 5.91 Å². The van der Waals surface area contributed by atoms with Crippen LogP contribution >= 0.6 is 0 Å². The van der Waals surface area contributed by atoms with Crippen molar-refractivity contribution in [2.45, 2.75) is 18.2 Å². The molecule has 0 radical (unpaired) electrons. The fourth-order valence-electron chi connectivity index (χ4n) is 1.90. The van der Waals surface area contributed by atoms with Crippen molar-refractivity contribution >= 4 is 15.9 Å². The van der Waals surface area contributed by atoms with Crippen LogP contribution in [0.5, 0.6) is 0 Å². The Bertz CT molecular complexity index is 736. The van der Waals surface area contributed by atoms with Crippen LogP contribution in [0.1, 0.15) is 21.7 Å². The summed E-state index contributed by atoms with van der Waals surface area (Å²) >= 11 is 0. The summed E-state index contributed by atoms with van der Waals surface area (Å²) < 4.78 is 27.9. The number of carbonyl (C=O) groups excluding carboxylic acids is 1. The van der Waals surface area contributed by atoms with E-state index in [2.05, 4.69) is 5.32 Å². The minimum absolute atomic E-state index is 0.0707. The Morgan fingerprint density at radius 2 is 2.10 bits per heavy atom. The molecule has 2 rings (SSSR count). The van der Waals surface area contributed by atoms with E-state index in [-0.39, 0.29) is 16.4 Å². The molecule has 6 nitrogen and oxygen atoms in total. The van der Waals surface area contributed by atoms with E-state index in [4.69, 9.17) is 9.56 Å². The first-order chi connectivity index (χ1) is 9.86. The first kappa shape index (κ1) is 15.3. The van der Waals surface area contributed by atoms with Crippen molar-refractivity contribution in [3.05, 3.63) is 53.5 Å². The quantitative estimate of drug-likeness (QED) is 0.866. The Hall–Kier alpha value is -2.12. The summed E-state index contributed by atoms with van der Waals surface area (Å²) in [7, 11) is -3.83. The molecule has 7 heteroatoms. The summed E-state index contributed by atoms with van der Waals surface area (Å²) in [6.07, 6.45) is 2.13. The third-order valence-corrected chi connectivity index (χ3v) is 3.77. The van der Waals surface area contributed by atoms with Crippen LogP contribution in [-0.2, 0) is 16.4 Å². The van der Waals surface area contributed by atoms with Gasteiger partial charge in [-0.15, -0.1) is 0 Å². The highest BCUT2D eigenvalue weighted by atomic mass is 32.2. The normalized spacial score (nSPS) is 11.3. The molecule has 0 spiro atoms. The molecule has 0 aliphatic rings. The fourth-order valence-corrected chi connectivity index (χ4v) is 2.54. The molecule has 0 aliphatic carbocycles. The molecule has 3 N–H and O–H groups in total. The Labute approximate surface area is 123 Å². The first-order valence-electron chi connectivity index (χ1n) is 6.31. The smallest absolute Gasteiger partial charge is 0.251 e. The molecule has 0 fully saturated rings. The Kier molecular flexibility index (Phi) is 4.44. The van der Waals surface area contributed by atoms with Crippen LogP contribution in [0.15, 0.2) is 45.9 Å². The maximum atomic E-state index is 12.0. The van der Waals surface area contributed by atoms with Crippen molar-refractivity contribution in [3.63, 3.8) is 0 Å². The molecule has 1 aromatic heterocycles. The molecule has 0 saturated carbocycles. The maximum Gasteiger partial charge on any atom is 0.251 e. The highest BCUT2D eigenvalue weighted by molar-refractivity contribution is 7.89. The van der Waals surface area contributed by atoms with Gasteiger partial charge in [0.15, 0.2) is 0 Å². The van der Waals surface area contributed by atoms with E-state index in [1.807, 2.05) is 6.07 Å².